The number of rotatable bonds is 4. The quantitative estimate of drug-likeness (QED) is 0.927. The molecule has 0 bridgehead atoms. The molecule has 2 atom stereocenters. The van der Waals surface area contributed by atoms with E-state index >= 15 is 0 Å². The summed E-state index contributed by atoms with van der Waals surface area (Å²) < 4.78 is 1.97. The second-order valence-corrected chi connectivity index (χ2v) is 6.82. The first-order valence-corrected chi connectivity index (χ1v) is 8.58. The highest BCUT2D eigenvalue weighted by atomic mass is 16.3. The minimum Gasteiger partial charge on any atom is -0.394 e. The summed E-state index contributed by atoms with van der Waals surface area (Å²) in [5.41, 5.74) is 3.76. The van der Waals surface area contributed by atoms with E-state index < -0.39 is 0 Å². The number of nitrogens with zero attached hydrogens (tertiary/aromatic N) is 3. The van der Waals surface area contributed by atoms with Crippen LogP contribution in [-0.2, 0) is 13.1 Å². The van der Waals surface area contributed by atoms with Gasteiger partial charge in [0.05, 0.1) is 18.8 Å². The third kappa shape index (κ3) is 3.02. The molecule has 3 rings (SSSR count). The van der Waals surface area contributed by atoms with Crippen molar-refractivity contribution in [2.45, 2.75) is 71.5 Å². The molecule has 21 heavy (non-hydrogen) atoms. The second-order valence-electron chi connectivity index (χ2n) is 6.82. The molecule has 1 aliphatic carbocycles. The normalized spacial score (nSPS) is 26.8. The van der Waals surface area contributed by atoms with Crippen LogP contribution in [0.15, 0.2) is 0 Å². The Morgan fingerprint density at radius 3 is 2.71 bits per heavy atom. The van der Waals surface area contributed by atoms with Crippen molar-refractivity contribution in [1.82, 2.24) is 14.7 Å². The van der Waals surface area contributed by atoms with Crippen LogP contribution in [0.1, 0.15) is 55.5 Å². The van der Waals surface area contributed by atoms with Gasteiger partial charge in [0.25, 0.3) is 0 Å². The molecule has 4 nitrogen and oxygen atoms in total. The Bertz CT molecular complexity index is 481. The van der Waals surface area contributed by atoms with Gasteiger partial charge in [0.2, 0.25) is 0 Å². The van der Waals surface area contributed by atoms with Crippen LogP contribution in [0.3, 0.4) is 0 Å². The SMILES string of the molecule is Cc1nn(CCO)c(C)c1CN1CCC[C@H]2CCCC[C@H]21. The molecular formula is C17H29N3O. The number of aromatic nitrogens is 2. The van der Waals surface area contributed by atoms with E-state index in [9.17, 15) is 0 Å². The predicted molar refractivity (Wildman–Crippen MR) is 84.2 cm³/mol. The Morgan fingerprint density at radius 2 is 1.90 bits per heavy atom. The maximum Gasteiger partial charge on any atom is 0.0644 e. The van der Waals surface area contributed by atoms with Crippen LogP contribution < -0.4 is 0 Å². The molecule has 1 saturated heterocycles. The lowest BCUT2D eigenvalue weighted by molar-refractivity contribution is 0.0544. The average Bonchev–Trinajstić information content (AvgIpc) is 2.76. The summed E-state index contributed by atoms with van der Waals surface area (Å²) in [7, 11) is 0. The first-order chi connectivity index (χ1) is 10.2. The highest BCUT2D eigenvalue weighted by Gasteiger charge is 2.33. The van der Waals surface area contributed by atoms with Crippen molar-refractivity contribution in [3.63, 3.8) is 0 Å². The minimum atomic E-state index is 0.163. The first-order valence-electron chi connectivity index (χ1n) is 8.58. The average molecular weight is 291 g/mol. The number of hydrogen-bond acceptors (Lipinski definition) is 3. The van der Waals surface area contributed by atoms with Crippen molar-refractivity contribution in [2.24, 2.45) is 5.92 Å². The standard InChI is InChI=1S/C17H29N3O/c1-13-16(14(2)20(18-13)10-11-21)12-19-9-5-7-15-6-3-4-8-17(15)19/h15,17,21H,3-12H2,1-2H3/t15-,17-/m1/s1. The zero-order valence-corrected chi connectivity index (χ0v) is 13.5. The molecule has 2 fully saturated rings. The van der Waals surface area contributed by atoms with Crippen molar-refractivity contribution >= 4 is 0 Å². The largest absolute Gasteiger partial charge is 0.394 e. The lowest BCUT2D eigenvalue weighted by atomic mass is 9.78. The van der Waals surface area contributed by atoms with E-state index in [4.69, 9.17) is 5.11 Å². The van der Waals surface area contributed by atoms with E-state index in [0.717, 1.165) is 24.2 Å². The summed E-state index contributed by atoms with van der Waals surface area (Å²) in [6.07, 6.45) is 8.43. The Morgan fingerprint density at radius 1 is 1.14 bits per heavy atom. The van der Waals surface area contributed by atoms with Gasteiger partial charge in [0.15, 0.2) is 0 Å². The molecule has 1 aromatic rings. The molecule has 0 aromatic carbocycles. The minimum absolute atomic E-state index is 0.163. The van der Waals surface area contributed by atoms with Crippen LogP contribution in [0.4, 0.5) is 0 Å². The van der Waals surface area contributed by atoms with Crippen molar-refractivity contribution in [3.8, 4) is 0 Å². The topological polar surface area (TPSA) is 41.3 Å². The number of likely N-dealkylation sites (tertiary alicyclic amines) is 1. The van der Waals surface area contributed by atoms with Gasteiger partial charge in [0.1, 0.15) is 0 Å². The van der Waals surface area contributed by atoms with Crippen LogP contribution in [0, 0.1) is 19.8 Å². The predicted octanol–water partition coefficient (Wildman–Crippen LogP) is 2.65. The summed E-state index contributed by atoms with van der Waals surface area (Å²) in [4.78, 5) is 2.72. The maximum atomic E-state index is 9.15. The number of fused-ring (bicyclic) bond motifs is 1. The monoisotopic (exact) mass is 291 g/mol. The molecule has 2 heterocycles. The van der Waals surface area contributed by atoms with Crippen molar-refractivity contribution in [2.75, 3.05) is 13.2 Å². The van der Waals surface area contributed by atoms with E-state index in [-0.39, 0.29) is 6.61 Å². The molecule has 1 aromatic heterocycles. The van der Waals surface area contributed by atoms with E-state index in [1.807, 2.05) is 4.68 Å². The number of aliphatic hydroxyl groups excluding tert-OH is 1. The van der Waals surface area contributed by atoms with Gasteiger partial charge in [-0.05, 0) is 52.0 Å². The fourth-order valence-corrected chi connectivity index (χ4v) is 4.40. The summed E-state index contributed by atoms with van der Waals surface area (Å²) in [6, 6.07) is 0.799. The highest BCUT2D eigenvalue weighted by Crippen LogP contribution is 2.36. The third-order valence-corrected chi connectivity index (χ3v) is 5.56. The third-order valence-electron chi connectivity index (χ3n) is 5.56. The molecule has 1 aliphatic heterocycles. The zero-order chi connectivity index (χ0) is 14.8. The molecule has 1 N–H and O–H groups in total. The zero-order valence-electron chi connectivity index (χ0n) is 13.5. The van der Waals surface area contributed by atoms with E-state index in [0.29, 0.717) is 6.54 Å². The van der Waals surface area contributed by atoms with Gasteiger partial charge in [-0.25, -0.2) is 0 Å². The Labute approximate surface area is 128 Å². The van der Waals surface area contributed by atoms with Gasteiger partial charge >= 0.3 is 0 Å². The first kappa shape index (κ1) is 15.0. The van der Waals surface area contributed by atoms with Gasteiger partial charge in [0, 0.05) is 23.8 Å². The van der Waals surface area contributed by atoms with Crippen LogP contribution in [0.2, 0.25) is 0 Å². The molecule has 4 heteroatoms. The van der Waals surface area contributed by atoms with Crippen molar-refractivity contribution in [3.05, 3.63) is 17.0 Å². The Balaban J connectivity index is 1.76. The molecule has 0 unspecified atom stereocenters. The van der Waals surface area contributed by atoms with Crippen LogP contribution >= 0.6 is 0 Å². The molecule has 0 spiro atoms. The van der Waals surface area contributed by atoms with E-state index in [1.165, 1.54) is 56.3 Å². The van der Waals surface area contributed by atoms with Gasteiger partial charge in [-0.1, -0.05) is 12.8 Å². The fourth-order valence-electron chi connectivity index (χ4n) is 4.40. The fraction of sp³-hybridized carbons (Fsp3) is 0.824. The lowest BCUT2D eigenvalue weighted by Gasteiger charge is -2.44. The smallest absolute Gasteiger partial charge is 0.0644 e. The summed E-state index contributed by atoms with van der Waals surface area (Å²) in [5, 5.41) is 13.7. The maximum absolute atomic E-state index is 9.15. The van der Waals surface area contributed by atoms with Gasteiger partial charge in [-0.15, -0.1) is 0 Å². The highest BCUT2D eigenvalue weighted by molar-refractivity contribution is 5.24. The van der Waals surface area contributed by atoms with Crippen LogP contribution in [-0.4, -0.2) is 39.0 Å². The van der Waals surface area contributed by atoms with Gasteiger partial charge in [-0.3, -0.25) is 9.58 Å². The Hall–Kier alpha value is -0.870. The van der Waals surface area contributed by atoms with Gasteiger partial charge < -0.3 is 5.11 Å². The summed E-state index contributed by atoms with van der Waals surface area (Å²) in [6.45, 7) is 7.32. The lowest BCUT2D eigenvalue weighted by Crippen LogP contribution is -2.46. The number of aryl methyl sites for hydroxylation is 1. The molecule has 0 radical (unpaired) electrons. The van der Waals surface area contributed by atoms with Crippen LogP contribution in [0.5, 0.6) is 0 Å². The Kier molecular flexibility index (Phi) is 4.65. The molecule has 118 valence electrons. The molecule has 2 aliphatic rings. The summed E-state index contributed by atoms with van der Waals surface area (Å²) >= 11 is 0. The van der Waals surface area contributed by atoms with Gasteiger partial charge in [-0.2, -0.15) is 5.10 Å². The number of aliphatic hydroxyl groups is 1. The van der Waals surface area contributed by atoms with Crippen LogP contribution in [0.25, 0.3) is 0 Å². The number of hydrogen-bond donors (Lipinski definition) is 1. The summed E-state index contributed by atoms with van der Waals surface area (Å²) in [5.74, 6) is 0.931. The molecule has 1 saturated carbocycles. The van der Waals surface area contributed by atoms with Crippen molar-refractivity contribution < 1.29 is 5.11 Å². The second kappa shape index (κ2) is 6.49. The molecular weight excluding hydrogens is 262 g/mol. The number of piperidine rings is 1. The van der Waals surface area contributed by atoms with E-state index in [1.54, 1.807) is 0 Å². The van der Waals surface area contributed by atoms with Crippen molar-refractivity contribution in [1.29, 1.82) is 0 Å². The molecule has 0 amide bonds. The van der Waals surface area contributed by atoms with E-state index in [2.05, 4.69) is 23.8 Å².